The molecule has 0 saturated carbocycles. The van der Waals surface area contributed by atoms with Gasteiger partial charge in [-0.2, -0.15) is 0 Å². The van der Waals surface area contributed by atoms with Gasteiger partial charge in [0.2, 0.25) is 5.91 Å². The number of thiazole rings is 1. The second-order valence-electron chi connectivity index (χ2n) is 6.81. The third-order valence-electron chi connectivity index (χ3n) is 4.91. The Bertz CT molecular complexity index is 988. The van der Waals surface area contributed by atoms with E-state index < -0.39 is 0 Å². The van der Waals surface area contributed by atoms with Crippen molar-refractivity contribution in [2.45, 2.75) is 32.9 Å². The highest BCUT2D eigenvalue weighted by Crippen LogP contribution is 2.32. The highest BCUT2D eigenvalue weighted by Gasteiger charge is 2.26. The second kappa shape index (κ2) is 8.29. The number of hydrogen-bond donors (Lipinski definition) is 0. The molecule has 28 heavy (non-hydrogen) atoms. The fraction of sp³-hybridized carbons (Fsp3) is 0.273. The van der Waals surface area contributed by atoms with Crippen LogP contribution in [-0.4, -0.2) is 22.3 Å². The summed E-state index contributed by atoms with van der Waals surface area (Å²) in [7, 11) is 0. The largest absolute Gasteiger partial charge is 0.487 e. The van der Waals surface area contributed by atoms with E-state index in [4.69, 9.17) is 4.74 Å². The molecule has 144 valence electrons. The van der Waals surface area contributed by atoms with Crippen LogP contribution in [0.1, 0.15) is 39.7 Å². The molecule has 0 aliphatic carbocycles. The molecule has 0 radical (unpaired) electrons. The first-order valence-corrected chi connectivity index (χ1v) is 11.0. The summed E-state index contributed by atoms with van der Waals surface area (Å²) in [5.74, 6) is 0.854. The van der Waals surface area contributed by atoms with E-state index in [-0.39, 0.29) is 11.9 Å². The number of benzene rings is 1. The molecule has 1 aromatic carbocycles. The van der Waals surface area contributed by atoms with Crippen molar-refractivity contribution in [3.05, 3.63) is 73.9 Å². The lowest BCUT2D eigenvalue weighted by atomic mass is 10.0. The maximum Gasteiger partial charge on any atom is 0.247 e. The minimum atomic E-state index is 0.0589. The average Bonchev–Trinajstić information content (AvgIpc) is 3.35. The minimum Gasteiger partial charge on any atom is -0.487 e. The van der Waals surface area contributed by atoms with Crippen LogP contribution in [0.3, 0.4) is 0 Å². The van der Waals surface area contributed by atoms with Gasteiger partial charge in [0.1, 0.15) is 12.4 Å². The first-order chi connectivity index (χ1) is 13.6. The van der Waals surface area contributed by atoms with E-state index in [0.717, 1.165) is 35.0 Å². The monoisotopic (exact) mass is 410 g/mol. The van der Waals surface area contributed by atoms with Gasteiger partial charge in [-0.15, -0.1) is 22.7 Å². The molecule has 3 aromatic rings. The number of amides is 1. The van der Waals surface area contributed by atoms with E-state index in [1.807, 2.05) is 47.5 Å². The zero-order chi connectivity index (χ0) is 19.5. The first-order valence-electron chi connectivity index (χ1n) is 9.29. The maximum absolute atomic E-state index is 12.7. The van der Waals surface area contributed by atoms with Crippen molar-refractivity contribution in [2.24, 2.45) is 0 Å². The summed E-state index contributed by atoms with van der Waals surface area (Å²) in [5, 5.41) is 5.17. The van der Waals surface area contributed by atoms with Crippen molar-refractivity contribution < 1.29 is 9.53 Å². The molecule has 1 aliphatic rings. The number of ether oxygens (including phenoxy) is 1. The van der Waals surface area contributed by atoms with Crippen LogP contribution in [0, 0.1) is 6.92 Å². The van der Waals surface area contributed by atoms with E-state index in [0.29, 0.717) is 6.61 Å². The molecule has 3 heterocycles. The maximum atomic E-state index is 12.7. The molecule has 1 atom stereocenters. The summed E-state index contributed by atoms with van der Waals surface area (Å²) in [6, 6.07) is 10.0. The first kappa shape index (κ1) is 18.9. The lowest BCUT2D eigenvalue weighted by Gasteiger charge is -2.32. The molecular formula is C22H22N2O2S2. The van der Waals surface area contributed by atoms with Crippen molar-refractivity contribution in [2.75, 3.05) is 6.54 Å². The number of carbonyl (C=O) groups is 1. The van der Waals surface area contributed by atoms with Crippen LogP contribution in [0.4, 0.5) is 0 Å². The van der Waals surface area contributed by atoms with Gasteiger partial charge in [0.25, 0.3) is 0 Å². The van der Waals surface area contributed by atoms with Crippen LogP contribution < -0.4 is 4.74 Å². The highest BCUT2D eigenvalue weighted by molar-refractivity contribution is 7.10. The van der Waals surface area contributed by atoms with Gasteiger partial charge in [-0.05, 0) is 61.1 Å². The van der Waals surface area contributed by atoms with Gasteiger partial charge in [-0.3, -0.25) is 4.79 Å². The molecule has 2 aromatic heterocycles. The van der Waals surface area contributed by atoms with Gasteiger partial charge < -0.3 is 9.64 Å². The minimum absolute atomic E-state index is 0.0589. The number of thiophene rings is 1. The van der Waals surface area contributed by atoms with Gasteiger partial charge in [0.05, 0.1) is 16.7 Å². The standard InChI is InChI=1S/C22H22N2O2S2/c1-15-20-10-12-27-21(20)9-11-24(15)22(25)8-5-17-3-6-19(7-4-17)26-13-18-14-28-16(2)23-18/h3-8,10,12,14-15H,9,11,13H2,1-2H3/b8-5+. The van der Waals surface area contributed by atoms with E-state index in [1.165, 1.54) is 10.4 Å². The third-order valence-corrected chi connectivity index (χ3v) is 6.73. The summed E-state index contributed by atoms with van der Waals surface area (Å²) in [6.45, 7) is 5.34. The zero-order valence-electron chi connectivity index (χ0n) is 15.9. The molecule has 6 heteroatoms. The van der Waals surface area contributed by atoms with Crippen molar-refractivity contribution in [3.8, 4) is 5.75 Å². The molecule has 0 saturated heterocycles. The van der Waals surface area contributed by atoms with Gasteiger partial charge >= 0.3 is 0 Å². The number of rotatable bonds is 5. The predicted molar refractivity (Wildman–Crippen MR) is 115 cm³/mol. The summed E-state index contributed by atoms with van der Waals surface area (Å²) in [4.78, 5) is 20.4. The molecule has 0 spiro atoms. The number of aryl methyl sites for hydroxylation is 1. The van der Waals surface area contributed by atoms with Crippen LogP contribution in [-0.2, 0) is 17.8 Å². The van der Waals surface area contributed by atoms with Gasteiger partial charge in [0, 0.05) is 22.9 Å². The summed E-state index contributed by atoms with van der Waals surface area (Å²) < 4.78 is 5.77. The number of fused-ring (bicyclic) bond motifs is 1. The Balaban J connectivity index is 1.35. The van der Waals surface area contributed by atoms with Crippen LogP contribution in [0.2, 0.25) is 0 Å². The van der Waals surface area contributed by atoms with Gasteiger partial charge in [-0.1, -0.05) is 12.1 Å². The van der Waals surface area contributed by atoms with Crippen molar-refractivity contribution in [1.82, 2.24) is 9.88 Å². The topological polar surface area (TPSA) is 42.4 Å². The Hall–Kier alpha value is -2.44. The molecule has 1 aliphatic heterocycles. The highest BCUT2D eigenvalue weighted by atomic mass is 32.1. The molecule has 4 nitrogen and oxygen atoms in total. The lowest BCUT2D eigenvalue weighted by molar-refractivity contribution is -0.128. The normalized spacial score (nSPS) is 16.4. The van der Waals surface area contributed by atoms with Gasteiger partial charge in [0.15, 0.2) is 0 Å². The summed E-state index contributed by atoms with van der Waals surface area (Å²) >= 11 is 3.41. The Labute approximate surface area is 173 Å². The molecular weight excluding hydrogens is 388 g/mol. The van der Waals surface area contributed by atoms with E-state index in [9.17, 15) is 4.79 Å². The Kier molecular flexibility index (Phi) is 5.59. The zero-order valence-corrected chi connectivity index (χ0v) is 17.6. The quantitative estimate of drug-likeness (QED) is 0.540. The van der Waals surface area contributed by atoms with Crippen molar-refractivity contribution in [3.63, 3.8) is 0 Å². The number of nitrogens with zero attached hydrogens (tertiary/aromatic N) is 2. The van der Waals surface area contributed by atoms with Crippen molar-refractivity contribution in [1.29, 1.82) is 0 Å². The van der Waals surface area contributed by atoms with Crippen LogP contribution >= 0.6 is 22.7 Å². The van der Waals surface area contributed by atoms with E-state index in [2.05, 4.69) is 23.4 Å². The molecule has 1 unspecified atom stereocenters. The molecule has 0 N–H and O–H groups in total. The molecule has 0 bridgehead atoms. The molecule has 1 amide bonds. The van der Waals surface area contributed by atoms with Gasteiger partial charge in [-0.25, -0.2) is 4.98 Å². The van der Waals surface area contributed by atoms with Crippen LogP contribution in [0.15, 0.2) is 47.2 Å². The van der Waals surface area contributed by atoms with E-state index in [1.54, 1.807) is 28.7 Å². The molecule has 0 fully saturated rings. The SMILES string of the molecule is Cc1nc(COc2ccc(/C=C/C(=O)N3CCc4sccc4C3C)cc2)cs1. The molecule has 4 rings (SSSR count). The fourth-order valence-corrected chi connectivity index (χ4v) is 4.94. The number of carbonyl (C=O) groups excluding carboxylic acids is 1. The van der Waals surface area contributed by atoms with E-state index >= 15 is 0 Å². The Morgan fingerprint density at radius 2 is 2.11 bits per heavy atom. The lowest BCUT2D eigenvalue weighted by Crippen LogP contribution is -2.37. The average molecular weight is 411 g/mol. The Morgan fingerprint density at radius 3 is 2.86 bits per heavy atom. The third kappa shape index (κ3) is 4.18. The predicted octanol–water partition coefficient (Wildman–Crippen LogP) is 5.25. The smallest absolute Gasteiger partial charge is 0.247 e. The van der Waals surface area contributed by atoms with Crippen LogP contribution in [0.5, 0.6) is 5.75 Å². The summed E-state index contributed by atoms with van der Waals surface area (Å²) in [6.07, 6.45) is 4.48. The van der Waals surface area contributed by atoms with Crippen LogP contribution in [0.25, 0.3) is 6.08 Å². The van der Waals surface area contributed by atoms with Crippen molar-refractivity contribution >= 4 is 34.7 Å². The Morgan fingerprint density at radius 1 is 1.29 bits per heavy atom. The second-order valence-corrected chi connectivity index (χ2v) is 8.87. The summed E-state index contributed by atoms with van der Waals surface area (Å²) in [5.41, 5.74) is 3.21. The fourth-order valence-electron chi connectivity index (χ4n) is 3.38. The number of aromatic nitrogens is 1. The number of hydrogen-bond acceptors (Lipinski definition) is 5.